The Kier molecular flexibility index (Phi) is 6.58. The smallest absolute Gasteiger partial charge is 0.271 e. The molecule has 2 rings (SSSR count). The van der Waals surface area contributed by atoms with Gasteiger partial charge in [0.15, 0.2) is 0 Å². The molecule has 0 aromatic rings. The molecular weight excluding hydrogens is 288 g/mol. The highest BCUT2D eigenvalue weighted by Gasteiger charge is 2.34. The first-order chi connectivity index (χ1) is 11.0. The molecule has 0 heterocycles. The molecule has 0 aliphatic heterocycles. The van der Waals surface area contributed by atoms with Crippen LogP contribution in [0.5, 0.6) is 0 Å². The van der Waals surface area contributed by atoms with Gasteiger partial charge in [0.1, 0.15) is 6.10 Å². The Morgan fingerprint density at radius 2 is 2.13 bits per heavy atom. The summed E-state index contributed by atoms with van der Waals surface area (Å²) in [4.78, 5) is 0. The molecule has 4 unspecified atom stereocenters. The maximum Gasteiger partial charge on any atom is 0.271 e. The van der Waals surface area contributed by atoms with Gasteiger partial charge in [-0.3, -0.25) is 0 Å². The molecule has 0 aromatic carbocycles. The highest BCUT2D eigenvalue weighted by atomic mass is 16.7. The normalized spacial score (nSPS) is 34.4. The fraction of sp³-hybridized carbons (Fsp3) is 0.800. The number of ether oxygens (including phenoxy) is 2. The van der Waals surface area contributed by atoms with E-state index in [-0.39, 0.29) is 18.1 Å². The van der Waals surface area contributed by atoms with Crippen LogP contribution in [0.3, 0.4) is 0 Å². The van der Waals surface area contributed by atoms with E-state index in [0.717, 1.165) is 25.7 Å². The summed E-state index contributed by atoms with van der Waals surface area (Å²) in [5.74, 6) is 2.33. The Hall–Kier alpha value is -0.960. The summed E-state index contributed by atoms with van der Waals surface area (Å²) in [6, 6.07) is 0. The minimum Gasteiger partial charge on any atom is -0.465 e. The average Bonchev–Trinajstić information content (AvgIpc) is 2.53. The van der Waals surface area contributed by atoms with Gasteiger partial charge in [0.05, 0.1) is 13.2 Å². The Labute approximate surface area is 141 Å². The van der Waals surface area contributed by atoms with Crippen LogP contribution in [-0.2, 0) is 9.47 Å². The molecule has 2 aliphatic rings. The lowest BCUT2D eigenvalue weighted by Gasteiger charge is -2.38. The predicted octanol–water partition coefficient (Wildman–Crippen LogP) is 4.67. The van der Waals surface area contributed by atoms with Gasteiger partial charge in [0.25, 0.3) is 5.95 Å². The zero-order valence-electron chi connectivity index (χ0n) is 15.1. The van der Waals surface area contributed by atoms with Crippen molar-refractivity contribution < 1.29 is 14.6 Å². The molecule has 1 saturated carbocycles. The second-order valence-corrected chi connectivity index (χ2v) is 8.02. The van der Waals surface area contributed by atoms with Gasteiger partial charge < -0.3 is 14.6 Å². The standard InChI is InChI=1S/C20H34O3/c1-15(2)18-9-8-16(3)12-19(18)23-17(4)22-14-20(13-21)10-6-5-7-11-20/h5-6,15-16,18-19,21H,4,7-14H2,1-3H3. The minimum absolute atomic E-state index is 0.152. The summed E-state index contributed by atoms with van der Waals surface area (Å²) < 4.78 is 11.9. The number of allylic oxidation sites excluding steroid dienone is 2. The van der Waals surface area contributed by atoms with E-state index in [2.05, 4.69) is 39.5 Å². The zero-order chi connectivity index (χ0) is 16.9. The Morgan fingerprint density at radius 3 is 2.74 bits per heavy atom. The number of hydrogen-bond acceptors (Lipinski definition) is 3. The summed E-state index contributed by atoms with van der Waals surface area (Å²) >= 11 is 0. The van der Waals surface area contributed by atoms with Crippen LogP contribution < -0.4 is 0 Å². The summed E-state index contributed by atoms with van der Waals surface area (Å²) in [6.45, 7) is 11.5. The second-order valence-electron chi connectivity index (χ2n) is 8.02. The molecule has 132 valence electrons. The topological polar surface area (TPSA) is 38.7 Å². The van der Waals surface area contributed by atoms with Crippen molar-refractivity contribution in [3.63, 3.8) is 0 Å². The van der Waals surface area contributed by atoms with Crippen LogP contribution in [-0.4, -0.2) is 24.4 Å². The van der Waals surface area contributed by atoms with Crippen molar-refractivity contribution in [3.8, 4) is 0 Å². The van der Waals surface area contributed by atoms with Gasteiger partial charge in [-0.25, -0.2) is 0 Å². The number of hydrogen-bond donors (Lipinski definition) is 1. The number of rotatable bonds is 7. The Morgan fingerprint density at radius 1 is 1.35 bits per heavy atom. The first-order valence-corrected chi connectivity index (χ1v) is 9.20. The first-order valence-electron chi connectivity index (χ1n) is 9.20. The Bertz CT molecular complexity index is 415. The lowest BCUT2D eigenvalue weighted by Crippen LogP contribution is -2.35. The van der Waals surface area contributed by atoms with Gasteiger partial charge in [-0.1, -0.05) is 39.3 Å². The van der Waals surface area contributed by atoms with E-state index in [0.29, 0.717) is 30.3 Å². The molecule has 0 aromatic heterocycles. The van der Waals surface area contributed by atoms with Crippen LogP contribution in [0.1, 0.15) is 59.3 Å². The first kappa shape index (κ1) is 18.4. The maximum atomic E-state index is 9.74. The predicted molar refractivity (Wildman–Crippen MR) is 93.8 cm³/mol. The van der Waals surface area contributed by atoms with Crippen LogP contribution in [0.15, 0.2) is 24.7 Å². The van der Waals surface area contributed by atoms with Crippen molar-refractivity contribution >= 4 is 0 Å². The van der Waals surface area contributed by atoms with Gasteiger partial charge in [-0.05, 0) is 56.4 Å². The van der Waals surface area contributed by atoms with E-state index in [1.54, 1.807) is 0 Å². The van der Waals surface area contributed by atoms with E-state index >= 15 is 0 Å². The molecule has 1 fully saturated rings. The summed E-state index contributed by atoms with van der Waals surface area (Å²) in [5.41, 5.74) is -0.168. The SMILES string of the molecule is C=C(OCC1(CO)CC=CCC1)OC1CC(C)CCC1C(C)C. The largest absolute Gasteiger partial charge is 0.465 e. The van der Waals surface area contributed by atoms with Crippen LogP contribution >= 0.6 is 0 Å². The number of aliphatic hydroxyl groups excluding tert-OH is 1. The van der Waals surface area contributed by atoms with Crippen LogP contribution in [0, 0.1) is 23.2 Å². The molecule has 2 aliphatic carbocycles. The third kappa shape index (κ3) is 5.00. The van der Waals surface area contributed by atoms with Crippen molar-refractivity contribution in [1.29, 1.82) is 0 Å². The minimum atomic E-state index is -0.168. The molecule has 0 saturated heterocycles. The summed E-state index contributed by atoms with van der Waals surface area (Å²) in [5, 5.41) is 9.74. The molecule has 0 amide bonds. The molecule has 4 atom stereocenters. The lowest BCUT2D eigenvalue weighted by molar-refractivity contribution is -0.0843. The van der Waals surface area contributed by atoms with Gasteiger partial charge >= 0.3 is 0 Å². The Balaban J connectivity index is 1.86. The van der Waals surface area contributed by atoms with Gasteiger partial charge in [-0.2, -0.15) is 0 Å². The summed E-state index contributed by atoms with van der Waals surface area (Å²) in [7, 11) is 0. The molecule has 0 radical (unpaired) electrons. The molecule has 23 heavy (non-hydrogen) atoms. The second kappa shape index (κ2) is 8.23. The molecule has 0 bridgehead atoms. The van der Waals surface area contributed by atoms with Crippen molar-refractivity contribution in [2.24, 2.45) is 23.2 Å². The third-order valence-corrected chi connectivity index (χ3v) is 5.68. The van der Waals surface area contributed by atoms with Crippen LogP contribution in [0.4, 0.5) is 0 Å². The third-order valence-electron chi connectivity index (χ3n) is 5.68. The zero-order valence-corrected chi connectivity index (χ0v) is 15.1. The van der Waals surface area contributed by atoms with E-state index in [1.807, 2.05) is 0 Å². The quantitative estimate of drug-likeness (QED) is 0.547. The lowest BCUT2D eigenvalue weighted by atomic mass is 9.75. The number of aliphatic hydroxyl groups is 1. The highest BCUT2D eigenvalue weighted by molar-refractivity contribution is 4.98. The van der Waals surface area contributed by atoms with E-state index in [1.165, 1.54) is 12.8 Å². The van der Waals surface area contributed by atoms with Gasteiger partial charge in [0.2, 0.25) is 0 Å². The van der Waals surface area contributed by atoms with Crippen molar-refractivity contribution in [2.45, 2.75) is 65.4 Å². The van der Waals surface area contributed by atoms with Gasteiger partial charge in [0, 0.05) is 5.41 Å². The molecule has 0 spiro atoms. The molecule has 3 heteroatoms. The van der Waals surface area contributed by atoms with E-state index in [9.17, 15) is 5.11 Å². The fourth-order valence-electron chi connectivity index (χ4n) is 3.95. The van der Waals surface area contributed by atoms with Crippen LogP contribution in [0.2, 0.25) is 0 Å². The van der Waals surface area contributed by atoms with E-state index in [4.69, 9.17) is 9.47 Å². The van der Waals surface area contributed by atoms with E-state index < -0.39 is 0 Å². The molecule has 1 N–H and O–H groups in total. The highest BCUT2D eigenvalue weighted by Crippen LogP contribution is 2.37. The average molecular weight is 322 g/mol. The monoisotopic (exact) mass is 322 g/mol. The summed E-state index contributed by atoms with van der Waals surface area (Å²) in [6.07, 6.45) is 11.0. The molecular formula is C20H34O3. The van der Waals surface area contributed by atoms with Crippen molar-refractivity contribution in [1.82, 2.24) is 0 Å². The van der Waals surface area contributed by atoms with Crippen molar-refractivity contribution in [2.75, 3.05) is 13.2 Å². The molecule has 3 nitrogen and oxygen atoms in total. The van der Waals surface area contributed by atoms with Gasteiger partial charge in [-0.15, -0.1) is 0 Å². The van der Waals surface area contributed by atoms with Crippen molar-refractivity contribution in [3.05, 3.63) is 24.7 Å². The maximum absolute atomic E-state index is 9.74. The van der Waals surface area contributed by atoms with Crippen LogP contribution in [0.25, 0.3) is 0 Å². The fourth-order valence-corrected chi connectivity index (χ4v) is 3.95.